The van der Waals surface area contributed by atoms with Crippen LogP contribution in [0, 0.1) is 0 Å². The Morgan fingerprint density at radius 1 is 1.42 bits per heavy atom. The van der Waals surface area contributed by atoms with Gasteiger partial charge in [0.25, 0.3) is 0 Å². The highest BCUT2D eigenvalue weighted by Crippen LogP contribution is 2.29. The fourth-order valence-corrected chi connectivity index (χ4v) is 3.71. The lowest BCUT2D eigenvalue weighted by Crippen LogP contribution is -2.34. The predicted octanol–water partition coefficient (Wildman–Crippen LogP) is 4.24. The fourth-order valence-electron chi connectivity index (χ4n) is 2.82. The molecule has 2 rings (SSSR count). The van der Waals surface area contributed by atoms with E-state index in [1.807, 2.05) is 6.07 Å². The van der Waals surface area contributed by atoms with E-state index < -0.39 is 0 Å². The van der Waals surface area contributed by atoms with E-state index in [0.717, 1.165) is 16.6 Å². The lowest BCUT2D eigenvalue weighted by molar-refractivity contribution is 0.556. The molecule has 0 radical (unpaired) electrons. The molecule has 1 aliphatic heterocycles. The second-order valence-corrected chi connectivity index (χ2v) is 6.43. The highest BCUT2D eigenvalue weighted by atomic mass is 79.9. The van der Waals surface area contributed by atoms with Crippen molar-refractivity contribution in [1.82, 2.24) is 0 Å². The zero-order valence-corrected chi connectivity index (χ0v) is 13.8. The van der Waals surface area contributed by atoms with Crippen LogP contribution in [0.2, 0.25) is 0 Å². The summed E-state index contributed by atoms with van der Waals surface area (Å²) in [6.07, 6.45) is 6.48. The lowest BCUT2D eigenvalue weighted by Gasteiger charge is -2.32. The largest absolute Gasteiger partial charge is 0.389 e. The van der Waals surface area contributed by atoms with Gasteiger partial charge in [0.15, 0.2) is 0 Å². The van der Waals surface area contributed by atoms with Crippen LogP contribution < -0.4 is 10.6 Å². The van der Waals surface area contributed by atoms with E-state index in [1.165, 1.54) is 37.8 Å². The standard InChI is InChI=1S/C15H21BrN2S/c1-2-11-6-4-3-5-9-18(11)12-7-8-13(15(17)19)14(16)10-12/h7-8,10-11H,2-6,9H2,1H3,(H2,17,19). The number of nitrogens with zero attached hydrogens (tertiary/aromatic N) is 1. The van der Waals surface area contributed by atoms with Crippen LogP contribution in [0.25, 0.3) is 0 Å². The SMILES string of the molecule is CCC1CCCCCN1c1ccc(C(N)=S)c(Br)c1. The van der Waals surface area contributed by atoms with Crippen molar-refractivity contribution in [2.24, 2.45) is 5.73 Å². The maximum Gasteiger partial charge on any atom is 0.105 e. The van der Waals surface area contributed by atoms with Crippen molar-refractivity contribution in [2.75, 3.05) is 11.4 Å². The van der Waals surface area contributed by atoms with Gasteiger partial charge in [0.1, 0.15) is 4.99 Å². The van der Waals surface area contributed by atoms with E-state index in [2.05, 4.69) is 39.9 Å². The molecule has 4 heteroatoms. The van der Waals surface area contributed by atoms with Crippen molar-refractivity contribution in [2.45, 2.75) is 45.1 Å². The van der Waals surface area contributed by atoms with Crippen LogP contribution in [-0.2, 0) is 0 Å². The predicted molar refractivity (Wildman–Crippen MR) is 89.9 cm³/mol. The van der Waals surface area contributed by atoms with Gasteiger partial charge in [-0.2, -0.15) is 0 Å². The van der Waals surface area contributed by atoms with Crippen molar-refractivity contribution >= 4 is 38.8 Å². The van der Waals surface area contributed by atoms with Gasteiger partial charge in [0.05, 0.1) is 0 Å². The Bertz CT molecular complexity index is 461. The minimum absolute atomic E-state index is 0.446. The normalized spacial score (nSPS) is 20.1. The van der Waals surface area contributed by atoms with E-state index in [4.69, 9.17) is 18.0 Å². The molecule has 0 aliphatic carbocycles. The van der Waals surface area contributed by atoms with Crippen molar-refractivity contribution in [1.29, 1.82) is 0 Å². The number of hydrogen-bond donors (Lipinski definition) is 1. The van der Waals surface area contributed by atoms with Crippen molar-refractivity contribution < 1.29 is 0 Å². The molecule has 0 aromatic heterocycles. The Labute approximate surface area is 129 Å². The summed E-state index contributed by atoms with van der Waals surface area (Å²) in [5.41, 5.74) is 7.91. The monoisotopic (exact) mass is 340 g/mol. The third-order valence-corrected chi connectivity index (χ3v) is 4.77. The van der Waals surface area contributed by atoms with Crippen LogP contribution in [0.3, 0.4) is 0 Å². The van der Waals surface area contributed by atoms with E-state index in [1.54, 1.807) is 0 Å². The Hall–Kier alpha value is -0.610. The van der Waals surface area contributed by atoms with E-state index in [0.29, 0.717) is 11.0 Å². The fraction of sp³-hybridized carbons (Fsp3) is 0.533. The van der Waals surface area contributed by atoms with Crippen LogP contribution in [-0.4, -0.2) is 17.6 Å². The second-order valence-electron chi connectivity index (χ2n) is 5.13. The third-order valence-electron chi connectivity index (χ3n) is 3.90. The molecule has 0 bridgehead atoms. The molecule has 0 saturated carbocycles. The maximum atomic E-state index is 5.71. The highest BCUT2D eigenvalue weighted by molar-refractivity contribution is 9.10. The van der Waals surface area contributed by atoms with Gasteiger partial charge in [0, 0.05) is 28.3 Å². The first-order valence-corrected chi connectivity index (χ1v) is 8.19. The molecule has 0 spiro atoms. The van der Waals surface area contributed by atoms with Crippen LogP contribution in [0.1, 0.15) is 44.6 Å². The van der Waals surface area contributed by atoms with Gasteiger partial charge in [0.2, 0.25) is 0 Å². The Kier molecular flexibility index (Phi) is 5.22. The smallest absolute Gasteiger partial charge is 0.105 e. The van der Waals surface area contributed by atoms with Crippen LogP contribution in [0.4, 0.5) is 5.69 Å². The topological polar surface area (TPSA) is 29.3 Å². The zero-order chi connectivity index (χ0) is 13.8. The summed E-state index contributed by atoms with van der Waals surface area (Å²) in [6.45, 7) is 3.43. The summed E-state index contributed by atoms with van der Waals surface area (Å²) in [6, 6.07) is 6.99. The molecule has 1 saturated heterocycles. The molecule has 1 unspecified atom stereocenters. The molecule has 1 atom stereocenters. The van der Waals surface area contributed by atoms with Gasteiger partial charge in [-0.05, 0) is 53.4 Å². The van der Waals surface area contributed by atoms with Crippen LogP contribution in [0.15, 0.2) is 22.7 Å². The summed E-state index contributed by atoms with van der Waals surface area (Å²) in [4.78, 5) is 2.99. The molecule has 1 fully saturated rings. The second kappa shape index (κ2) is 6.71. The van der Waals surface area contributed by atoms with Crippen molar-refractivity contribution in [3.05, 3.63) is 28.2 Å². The molecular weight excluding hydrogens is 320 g/mol. The number of nitrogens with two attached hydrogens (primary N) is 1. The Balaban J connectivity index is 2.28. The first-order chi connectivity index (χ1) is 9.13. The first kappa shape index (κ1) is 14.8. The summed E-state index contributed by atoms with van der Waals surface area (Å²) >= 11 is 8.63. The first-order valence-electron chi connectivity index (χ1n) is 6.99. The van der Waals surface area contributed by atoms with Crippen molar-refractivity contribution in [3.8, 4) is 0 Å². The summed E-state index contributed by atoms with van der Waals surface area (Å²) in [7, 11) is 0. The molecule has 0 amide bonds. The quantitative estimate of drug-likeness (QED) is 0.834. The number of anilines is 1. The van der Waals surface area contributed by atoms with Gasteiger partial charge in [-0.3, -0.25) is 0 Å². The molecule has 19 heavy (non-hydrogen) atoms. The minimum atomic E-state index is 0.446. The van der Waals surface area contributed by atoms with Gasteiger partial charge >= 0.3 is 0 Å². The summed E-state index contributed by atoms with van der Waals surface area (Å²) < 4.78 is 0.997. The molecule has 2 nitrogen and oxygen atoms in total. The third kappa shape index (κ3) is 3.48. The van der Waals surface area contributed by atoms with E-state index >= 15 is 0 Å². The number of halogens is 1. The van der Waals surface area contributed by atoms with E-state index in [9.17, 15) is 0 Å². The average molecular weight is 341 g/mol. The zero-order valence-electron chi connectivity index (χ0n) is 11.4. The van der Waals surface area contributed by atoms with Gasteiger partial charge in [-0.25, -0.2) is 0 Å². The molecule has 1 aliphatic rings. The van der Waals surface area contributed by atoms with Crippen molar-refractivity contribution in [3.63, 3.8) is 0 Å². The van der Waals surface area contributed by atoms with Gasteiger partial charge < -0.3 is 10.6 Å². The summed E-state index contributed by atoms with van der Waals surface area (Å²) in [5.74, 6) is 0. The van der Waals surface area contributed by atoms with Crippen LogP contribution >= 0.6 is 28.1 Å². The molecule has 1 aromatic carbocycles. The number of rotatable bonds is 3. The molecule has 1 heterocycles. The number of benzene rings is 1. The average Bonchev–Trinajstić information content (AvgIpc) is 2.63. The maximum absolute atomic E-state index is 5.71. The molecule has 104 valence electrons. The van der Waals surface area contributed by atoms with Crippen LogP contribution in [0.5, 0.6) is 0 Å². The van der Waals surface area contributed by atoms with Gasteiger partial charge in [-0.1, -0.05) is 32.0 Å². The Morgan fingerprint density at radius 3 is 2.84 bits per heavy atom. The molecule has 2 N–H and O–H groups in total. The number of thiocarbonyl (C=S) groups is 1. The lowest BCUT2D eigenvalue weighted by atomic mass is 10.1. The minimum Gasteiger partial charge on any atom is -0.389 e. The molecule has 1 aromatic rings. The van der Waals surface area contributed by atoms with E-state index in [-0.39, 0.29) is 0 Å². The summed E-state index contributed by atoms with van der Waals surface area (Å²) in [5, 5.41) is 0. The Morgan fingerprint density at radius 2 is 2.21 bits per heavy atom. The molecular formula is C15H21BrN2S. The van der Waals surface area contributed by atoms with Gasteiger partial charge in [-0.15, -0.1) is 0 Å². The number of hydrogen-bond acceptors (Lipinski definition) is 2. The highest BCUT2D eigenvalue weighted by Gasteiger charge is 2.20.